The Bertz CT molecular complexity index is 985. The molecule has 0 spiro atoms. The molecule has 3 rings (SSSR count). The van der Waals surface area contributed by atoms with Crippen LogP contribution in [0.3, 0.4) is 0 Å². The molecule has 3 aromatic heterocycles. The molecule has 0 saturated heterocycles. The van der Waals surface area contributed by atoms with Crippen molar-refractivity contribution < 1.29 is 22.7 Å². The van der Waals surface area contributed by atoms with Crippen molar-refractivity contribution in [2.45, 2.75) is 32.9 Å². The predicted molar refractivity (Wildman–Crippen MR) is 93.0 cm³/mol. The Morgan fingerprint density at radius 2 is 2.04 bits per heavy atom. The van der Waals surface area contributed by atoms with Crippen molar-refractivity contribution in [2.24, 2.45) is 0 Å². The maximum atomic E-state index is 12.2. The van der Waals surface area contributed by atoms with E-state index in [1.807, 2.05) is 13.8 Å². The first kappa shape index (κ1) is 19.5. The van der Waals surface area contributed by atoms with Crippen LogP contribution < -0.4 is 10.1 Å². The van der Waals surface area contributed by atoms with Gasteiger partial charge >= 0.3 is 6.18 Å². The second kappa shape index (κ2) is 7.79. The number of hydrogen-bond donors (Lipinski definition) is 1. The minimum atomic E-state index is -4.44. The van der Waals surface area contributed by atoms with Gasteiger partial charge in [-0.05, 0) is 31.9 Å². The molecule has 3 heterocycles. The average molecular weight is 394 g/mol. The second-order valence-corrected chi connectivity index (χ2v) is 6.07. The zero-order valence-electron chi connectivity index (χ0n) is 15.1. The number of anilines is 1. The van der Waals surface area contributed by atoms with Gasteiger partial charge in [-0.25, -0.2) is 14.5 Å². The van der Waals surface area contributed by atoms with Crippen LogP contribution in [0.25, 0.3) is 5.78 Å². The molecular formula is C17H17F3N6O2. The van der Waals surface area contributed by atoms with Crippen LogP contribution in [0.1, 0.15) is 23.4 Å². The third-order valence-corrected chi connectivity index (χ3v) is 3.99. The average Bonchev–Trinajstić information content (AvgIpc) is 3.09. The summed E-state index contributed by atoms with van der Waals surface area (Å²) >= 11 is 0. The first-order chi connectivity index (χ1) is 13.2. The van der Waals surface area contributed by atoms with E-state index in [1.54, 1.807) is 4.52 Å². The zero-order chi connectivity index (χ0) is 20.3. The molecule has 3 aromatic rings. The molecule has 0 aliphatic rings. The molecule has 0 aliphatic carbocycles. The Morgan fingerprint density at radius 1 is 1.25 bits per heavy atom. The van der Waals surface area contributed by atoms with Gasteiger partial charge in [-0.1, -0.05) is 0 Å². The number of pyridine rings is 1. The number of nitrogens with one attached hydrogen (secondary N) is 1. The number of alkyl halides is 3. The van der Waals surface area contributed by atoms with Gasteiger partial charge in [0.2, 0.25) is 11.8 Å². The van der Waals surface area contributed by atoms with E-state index in [0.29, 0.717) is 17.9 Å². The van der Waals surface area contributed by atoms with E-state index in [9.17, 15) is 18.0 Å². The molecule has 1 N–H and O–H groups in total. The van der Waals surface area contributed by atoms with Crippen LogP contribution in [0.4, 0.5) is 18.9 Å². The summed E-state index contributed by atoms with van der Waals surface area (Å²) in [6.07, 6.45) is -1.14. The number of amides is 1. The number of aryl methyl sites for hydroxylation is 2. The molecule has 11 heteroatoms. The van der Waals surface area contributed by atoms with Crippen molar-refractivity contribution in [3.8, 4) is 5.88 Å². The van der Waals surface area contributed by atoms with Gasteiger partial charge in [0.15, 0.2) is 6.61 Å². The summed E-state index contributed by atoms with van der Waals surface area (Å²) < 4.78 is 42.5. The van der Waals surface area contributed by atoms with Gasteiger partial charge < -0.3 is 10.1 Å². The molecule has 28 heavy (non-hydrogen) atoms. The number of rotatable bonds is 6. The fraction of sp³-hybridized carbons (Fsp3) is 0.353. The first-order valence-corrected chi connectivity index (χ1v) is 8.34. The van der Waals surface area contributed by atoms with Crippen LogP contribution in [0, 0.1) is 13.8 Å². The number of hydrogen-bond acceptors (Lipinski definition) is 6. The fourth-order valence-electron chi connectivity index (χ4n) is 2.67. The van der Waals surface area contributed by atoms with Gasteiger partial charge in [-0.15, -0.1) is 0 Å². The lowest BCUT2D eigenvalue weighted by Crippen LogP contribution is -2.19. The van der Waals surface area contributed by atoms with Gasteiger partial charge in [0.1, 0.15) is 6.33 Å². The van der Waals surface area contributed by atoms with Crippen molar-refractivity contribution in [3.63, 3.8) is 0 Å². The molecule has 0 fully saturated rings. The van der Waals surface area contributed by atoms with Crippen molar-refractivity contribution >= 4 is 17.4 Å². The standard InChI is InChI=1S/C17H17F3N6O2/c1-10-13(11(2)26-16(24-10)22-9-23-26)4-5-14(27)25-12-3-6-15(21-7-12)28-8-17(18,19)20/h3,6-7,9H,4-5,8H2,1-2H3,(H,25,27). The predicted octanol–water partition coefficient (Wildman–Crippen LogP) is 2.65. The smallest absolute Gasteiger partial charge is 0.422 e. The SMILES string of the molecule is Cc1nc2ncnn2c(C)c1CCC(=O)Nc1ccc(OCC(F)(F)F)nc1. The first-order valence-electron chi connectivity index (χ1n) is 8.34. The fourth-order valence-corrected chi connectivity index (χ4v) is 2.67. The summed E-state index contributed by atoms with van der Waals surface area (Å²) in [5.74, 6) is 0.0686. The van der Waals surface area contributed by atoms with Gasteiger partial charge in [-0.2, -0.15) is 23.3 Å². The topological polar surface area (TPSA) is 94.3 Å². The van der Waals surface area contributed by atoms with E-state index in [0.717, 1.165) is 17.0 Å². The van der Waals surface area contributed by atoms with Crippen LogP contribution in [0.2, 0.25) is 0 Å². The van der Waals surface area contributed by atoms with Crippen molar-refractivity contribution in [1.82, 2.24) is 24.6 Å². The van der Waals surface area contributed by atoms with E-state index in [-0.39, 0.29) is 18.2 Å². The summed E-state index contributed by atoms with van der Waals surface area (Å²) in [6, 6.07) is 2.69. The molecule has 0 unspecified atom stereocenters. The number of aromatic nitrogens is 5. The number of nitrogens with zero attached hydrogens (tertiary/aromatic N) is 5. The number of halogens is 3. The van der Waals surface area contributed by atoms with Gasteiger partial charge in [0.05, 0.1) is 11.9 Å². The number of ether oxygens (including phenoxy) is 1. The summed E-state index contributed by atoms with van der Waals surface area (Å²) in [7, 11) is 0. The van der Waals surface area contributed by atoms with Crippen molar-refractivity contribution in [1.29, 1.82) is 0 Å². The molecule has 0 radical (unpaired) electrons. The molecule has 0 aliphatic heterocycles. The van der Waals surface area contributed by atoms with Crippen LogP contribution in [-0.2, 0) is 11.2 Å². The molecule has 0 bridgehead atoms. The minimum Gasteiger partial charge on any atom is -0.468 e. The maximum absolute atomic E-state index is 12.2. The minimum absolute atomic E-state index is 0.172. The highest BCUT2D eigenvalue weighted by molar-refractivity contribution is 5.90. The largest absolute Gasteiger partial charge is 0.468 e. The van der Waals surface area contributed by atoms with Crippen LogP contribution >= 0.6 is 0 Å². The van der Waals surface area contributed by atoms with E-state index in [1.165, 1.54) is 24.7 Å². The highest BCUT2D eigenvalue weighted by atomic mass is 19.4. The Hall–Kier alpha value is -3.24. The maximum Gasteiger partial charge on any atom is 0.422 e. The molecular weight excluding hydrogens is 377 g/mol. The number of carbonyl (C=O) groups is 1. The summed E-state index contributed by atoms with van der Waals surface area (Å²) in [5.41, 5.74) is 2.91. The lowest BCUT2D eigenvalue weighted by atomic mass is 10.1. The van der Waals surface area contributed by atoms with Gasteiger partial charge in [0, 0.05) is 23.9 Å². The van der Waals surface area contributed by atoms with Crippen LogP contribution in [0.15, 0.2) is 24.7 Å². The molecule has 0 aromatic carbocycles. The Balaban J connectivity index is 1.57. The zero-order valence-corrected chi connectivity index (χ0v) is 15.1. The molecule has 1 amide bonds. The third-order valence-electron chi connectivity index (χ3n) is 3.99. The van der Waals surface area contributed by atoms with Crippen LogP contribution in [0.5, 0.6) is 5.88 Å². The number of carbonyl (C=O) groups excluding carboxylic acids is 1. The Kier molecular flexibility index (Phi) is 5.43. The second-order valence-electron chi connectivity index (χ2n) is 6.07. The van der Waals surface area contributed by atoms with E-state index >= 15 is 0 Å². The monoisotopic (exact) mass is 394 g/mol. The van der Waals surface area contributed by atoms with Crippen molar-refractivity contribution in [3.05, 3.63) is 41.6 Å². The van der Waals surface area contributed by atoms with E-state index in [4.69, 9.17) is 0 Å². The van der Waals surface area contributed by atoms with Gasteiger partial charge in [-0.3, -0.25) is 4.79 Å². The number of fused-ring (bicyclic) bond motifs is 1. The highest BCUT2D eigenvalue weighted by Crippen LogP contribution is 2.19. The van der Waals surface area contributed by atoms with E-state index in [2.05, 4.69) is 30.1 Å². The lowest BCUT2D eigenvalue weighted by molar-refractivity contribution is -0.154. The Labute approximate surface area is 157 Å². The Morgan fingerprint density at radius 3 is 2.71 bits per heavy atom. The molecule has 8 nitrogen and oxygen atoms in total. The molecule has 0 atom stereocenters. The quantitative estimate of drug-likeness (QED) is 0.691. The third kappa shape index (κ3) is 4.72. The van der Waals surface area contributed by atoms with Crippen molar-refractivity contribution in [2.75, 3.05) is 11.9 Å². The summed E-state index contributed by atoms with van der Waals surface area (Å²) in [5, 5.41) is 6.75. The lowest BCUT2D eigenvalue weighted by Gasteiger charge is -2.11. The van der Waals surface area contributed by atoms with Gasteiger partial charge in [0.25, 0.3) is 5.78 Å². The molecule has 148 valence electrons. The van der Waals surface area contributed by atoms with Crippen LogP contribution in [-0.4, -0.2) is 43.3 Å². The highest BCUT2D eigenvalue weighted by Gasteiger charge is 2.28. The summed E-state index contributed by atoms with van der Waals surface area (Å²) in [4.78, 5) is 24.3. The summed E-state index contributed by atoms with van der Waals surface area (Å²) in [6.45, 7) is 2.31. The van der Waals surface area contributed by atoms with E-state index < -0.39 is 12.8 Å². The normalized spacial score (nSPS) is 11.6. The molecule has 0 saturated carbocycles.